The van der Waals surface area contributed by atoms with Crippen molar-refractivity contribution in [2.24, 2.45) is 5.92 Å². The van der Waals surface area contributed by atoms with Crippen LogP contribution >= 0.6 is 11.6 Å². The smallest absolute Gasteiger partial charge is 0.307 e. The van der Waals surface area contributed by atoms with Crippen LogP contribution in [0.25, 0.3) is 0 Å². The van der Waals surface area contributed by atoms with Gasteiger partial charge in [0.25, 0.3) is 0 Å². The van der Waals surface area contributed by atoms with Gasteiger partial charge in [-0.3, -0.25) is 14.5 Å². The van der Waals surface area contributed by atoms with E-state index in [-0.39, 0.29) is 18.4 Å². The van der Waals surface area contributed by atoms with Gasteiger partial charge >= 0.3 is 5.97 Å². The van der Waals surface area contributed by atoms with Gasteiger partial charge < -0.3 is 10.0 Å². The molecule has 1 heterocycles. The molecule has 0 aromatic heterocycles. The molecule has 1 atom stereocenters. The number of carboxylic acids is 1. The number of rotatable bonds is 7. The van der Waals surface area contributed by atoms with E-state index in [1.54, 1.807) is 17.0 Å². The monoisotopic (exact) mass is 338 g/mol. The zero-order valence-electron chi connectivity index (χ0n) is 13.4. The van der Waals surface area contributed by atoms with Crippen molar-refractivity contribution < 1.29 is 14.7 Å². The lowest BCUT2D eigenvalue weighted by Gasteiger charge is -2.25. The summed E-state index contributed by atoms with van der Waals surface area (Å²) in [5.74, 6) is -1.15. The molecule has 0 bridgehead atoms. The summed E-state index contributed by atoms with van der Waals surface area (Å²) in [6, 6.07) is 7.29. The van der Waals surface area contributed by atoms with Gasteiger partial charge in [0, 0.05) is 23.8 Å². The molecule has 1 amide bonds. The largest absolute Gasteiger partial charge is 0.481 e. The molecule has 1 fully saturated rings. The van der Waals surface area contributed by atoms with Crippen LogP contribution in [-0.4, -0.2) is 48.1 Å². The second-order valence-corrected chi connectivity index (χ2v) is 6.37. The molecule has 1 aliphatic rings. The summed E-state index contributed by atoms with van der Waals surface area (Å²) in [4.78, 5) is 27.4. The van der Waals surface area contributed by atoms with Gasteiger partial charge in [-0.2, -0.15) is 0 Å². The number of carbonyl (C=O) groups excluding carboxylic acids is 1. The Morgan fingerprint density at radius 1 is 1.43 bits per heavy atom. The molecule has 2 rings (SSSR count). The first-order chi connectivity index (χ1) is 11.0. The fourth-order valence-electron chi connectivity index (χ4n) is 2.81. The van der Waals surface area contributed by atoms with Crippen molar-refractivity contribution in [2.75, 3.05) is 31.1 Å². The Morgan fingerprint density at radius 2 is 2.22 bits per heavy atom. The Balaban J connectivity index is 2.04. The molecular weight excluding hydrogens is 316 g/mol. The number of halogens is 1. The molecule has 0 spiro atoms. The summed E-state index contributed by atoms with van der Waals surface area (Å²) in [6.07, 6.45) is 2.51. The van der Waals surface area contributed by atoms with Crippen molar-refractivity contribution in [1.29, 1.82) is 0 Å². The fraction of sp³-hybridized carbons (Fsp3) is 0.529. The van der Waals surface area contributed by atoms with Gasteiger partial charge in [0.15, 0.2) is 0 Å². The number of nitrogens with zero attached hydrogens (tertiary/aromatic N) is 2. The molecule has 1 saturated heterocycles. The molecule has 1 unspecified atom stereocenters. The third kappa shape index (κ3) is 4.94. The van der Waals surface area contributed by atoms with Crippen LogP contribution in [0.1, 0.15) is 26.2 Å². The van der Waals surface area contributed by atoms with Crippen LogP contribution < -0.4 is 4.90 Å². The highest BCUT2D eigenvalue weighted by Gasteiger charge is 2.30. The van der Waals surface area contributed by atoms with Crippen molar-refractivity contribution in [1.82, 2.24) is 4.90 Å². The second-order valence-electron chi connectivity index (χ2n) is 5.94. The minimum absolute atomic E-state index is 0.00763. The van der Waals surface area contributed by atoms with Gasteiger partial charge in [-0.25, -0.2) is 0 Å². The van der Waals surface area contributed by atoms with Crippen LogP contribution in [0.15, 0.2) is 24.3 Å². The SMILES string of the molecule is CCCCN(C(=O)CN1CCC(C(=O)O)C1)c1cccc(Cl)c1. The maximum atomic E-state index is 12.7. The van der Waals surface area contributed by atoms with Crippen LogP contribution in [0.5, 0.6) is 0 Å². The molecule has 6 heteroatoms. The molecule has 1 aromatic rings. The molecule has 23 heavy (non-hydrogen) atoms. The number of hydrogen-bond acceptors (Lipinski definition) is 3. The highest BCUT2D eigenvalue weighted by Crippen LogP contribution is 2.22. The van der Waals surface area contributed by atoms with Crippen molar-refractivity contribution in [3.63, 3.8) is 0 Å². The Hall–Kier alpha value is -1.59. The standard InChI is InChI=1S/C17H23ClN2O3/c1-2-3-8-20(15-6-4-5-14(18)10-15)16(21)12-19-9-7-13(11-19)17(22)23/h4-6,10,13H,2-3,7-9,11-12H2,1H3,(H,22,23). The number of amides is 1. The van der Waals surface area contributed by atoms with Gasteiger partial charge in [0.1, 0.15) is 0 Å². The number of carbonyl (C=O) groups is 2. The summed E-state index contributed by atoms with van der Waals surface area (Å²) in [7, 11) is 0. The molecule has 1 aromatic carbocycles. The summed E-state index contributed by atoms with van der Waals surface area (Å²) in [5.41, 5.74) is 0.796. The molecule has 1 aliphatic heterocycles. The van der Waals surface area contributed by atoms with E-state index < -0.39 is 5.97 Å². The van der Waals surface area contributed by atoms with Crippen molar-refractivity contribution in [3.05, 3.63) is 29.3 Å². The lowest BCUT2D eigenvalue weighted by Crippen LogP contribution is -2.40. The van der Waals surface area contributed by atoms with Gasteiger partial charge in [0.2, 0.25) is 5.91 Å². The summed E-state index contributed by atoms with van der Waals surface area (Å²) in [6.45, 7) is 4.07. The highest BCUT2D eigenvalue weighted by atomic mass is 35.5. The fourth-order valence-corrected chi connectivity index (χ4v) is 3.00. The topological polar surface area (TPSA) is 60.9 Å². The minimum atomic E-state index is -0.780. The maximum absolute atomic E-state index is 12.7. The van der Waals surface area contributed by atoms with E-state index >= 15 is 0 Å². The highest BCUT2D eigenvalue weighted by molar-refractivity contribution is 6.30. The molecule has 1 N–H and O–H groups in total. The first kappa shape index (κ1) is 17.8. The first-order valence-corrected chi connectivity index (χ1v) is 8.40. The Bertz CT molecular complexity index is 565. The summed E-state index contributed by atoms with van der Waals surface area (Å²) >= 11 is 6.04. The van der Waals surface area contributed by atoms with Gasteiger partial charge in [-0.15, -0.1) is 0 Å². The van der Waals surface area contributed by atoms with Crippen molar-refractivity contribution in [3.8, 4) is 0 Å². The number of hydrogen-bond donors (Lipinski definition) is 1. The van der Waals surface area contributed by atoms with E-state index in [2.05, 4.69) is 6.92 Å². The quantitative estimate of drug-likeness (QED) is 0.830. The average molecular weight is 339 g/mol. The predicted molar refractivity (Wildman–Crippen MR) is 90.9 cm³/mol. The first-order valence-electron chi connectivity index (χ1n) is 8.02. The van der Waals surface area contributed by atoms with E-state index in [0.717, 1.165) is 18.5 Å². The van der Waals surface area contributed by atoms with E-state index in [0.29, 0.717) is 31.1 Å². The minimum Gasteiger partial charge on any atom is -0.481 e. The number of anilines is 1. The third-order valence-corrected chi connectivity index (χ3v) is 4.37. The maximum Gasteiger partial charge on any atom is 0.307 e. The number of benzene rings is 1. The number of unbranched alkanes of at least 4 members (excludes halogenated alkanes) is 1. The molecule has 0 saturated carbocycles. The lowest BCUT2D eigenvalue weighted by atomic mass is 10.1. The summed E-state index contributed by atoms with van der Waals surface area (Å²) in [5, 5.41) is 9.66. The number of carboxylic acid groups (broad SMARTS) is 1. The Morgan fingerprint density at radius 3 is 2.83 bits per heavy atom. The third-order valence-electron chi connectivity index (χ3n) is 4.14. The zero-order chi connectivity index (χ0) is 16.8. The molecular formula is C17H23ClN2O3. The van der Waals surface area contributed by atoms with Crippen LogP contribution in [0.4, 0.5) is 5.69 Å². The number of likely N-dealkylation sites (tertiary alicyclic amines) is 1. The molecule has 0 radical (unpaired) electrons. The van der Waals surface area contributed by atoms with Crippen molar-refractivity contribution >= 4 is 29.2 Å². The van der Waals surface area contributed by atoms with Gasteiger partial charge in [0.05, 0.1) is 12.5 Å². The zero-order valence-corrected chi connectivity index (χ0v) is 14.1. The van der Waals surface area contributed by atoms with Crippen molar-refractivity contribution in [2.45, 2.75) is 26.2 Å². The van der Waals surface area contributed by atoms with Crippen LogP contribution in [0.2, 0.25) is 5.02 Å². The van der Waals surface area contributed by atoms with Gasteiger partial charge in [-0.05, 0) is 37.6 Å². The van der Waals surface area contributed by atoms with E-state index in [1.165, 1.54) is 0 Å². The normalized spacial score (nSPS) is 18.1. The Kier molecular flexibility index (Phi) is 6.42. The number of aliphatic carboxylic acids is 1. The van der Waals surface area contributed by atoms with E-state index in [1.807, 2.05) is 17.0 Å². The second kappa shape index (κ2) is 8.31. The van der Waals surface area contributed by atoms with Crippen LogP contribution in [-0.2, 0) is 9.59 Å². The van der Waals surface area contributed by atoms with Crippen LogP contribution in [0.3, 0.4) is 0 Å². The lowest BCUT2D eigenvalue weighted by molar-refractivity contribution is -0.141. The summed E-state index contributed by atoms with van der Waals surface area (Å²) < 4.78 is 0. The molecule has 0 aliphatic carbocycles. The van der Waals surface area contributed by atoms with E-state index in [9.17, 15) is 9.59 Å². The van der Waals surface area contributed by atoms with Gasteiger partial charge in [-0.1, -0.05) is 31.0 Å². The molecule has 5 nitrogen and oxygen atoms in total. The van der Waals surface area contributed by atoms with Crippen LogP contribution in [0, 0.1) is 5.92 Å². The van der Waals surface area contributed by atoms with E-state index in [4.69, 9.17) is 16.7 Å². The average Bonchev–Trinajstić information content (AvgIpc) is 2.96. The Labute approximate surface area is 141 Å². The molecule has 126 valence electrons. The predicted octanol–water partition coefficient (Wildman–Crippen LogP) is 2.88.